The number of thioether (sulfide) groups is 1. The molecule has 13 nitrogen and oxygen atoms in total. The zero-order valence-electron chi connectivity index (χ0n) is 27.9. The first kappa shape index (κ1) is 37.3. The molecule has 0 radical (unpaired) electrons. The molecule has 1 aromatic carbocycles. The van der Waals surface area contributed by atoms with E-state index in [2.05, 4.69) is 0 Å². The second kappa shape index (κ2) is 16.7. The Morgan fingerprint density at radius 2 is 1.57 bits per heavy atom. The average Bonchev–Trinajstić information content (AvgIpc) is 3.58. The molecule has 49 heavy (non-hydrogen) atoms. The minimum absolute atomic E-state index is 0.00534. The average molecular weight is 715 g/mol. The maximum absolute atomic E-state index is 14.2. The Bertz CT molecular complexity index is 1630. The lowest BCUT2D eigenvalue weighted by atomic mass is 9.92. The van der Waals surface area contributed by atoms with Gasteiger partial charge in [0.25, 0.3) is 5.72 Å². The van der Waals surface area contributed by atoms with E-state index in [1.807, 2.05) is 18.2 Å². The molecule has 1 spiro atoms. The quantitative estimate of drug-likeness (QED) is 0.140. The van der Waals surface area contributed by atoms with Crippen LogP contribution in [-0.4, -0.2) is 91.3 Å². The van der Waals surface area contributed by atoms with Gasteiger partial charge in [-0.1, -0.05) is 73.6 Å². The number of aliphatic imine (C=N–C) groups is 1. The summed E-state index contributed by atoms with van der Waals surface area (Å²) in [7, 11) is 3.21. The van der Waals surface area contributed by atoms with Crippen molar-refractivity contribution in [3.63, 3.8) is 0 Å². The maximum Gasteiger partial charge on any atom is 0.344 e. The molecular weight excluding hydrogens is 677 g/mol. The standard InChI is InChI=1S/C34H38N2O11S2/c1-6-45-31(40)25-26(32(41)46-7-2)34(47-28(25)35-21-16-12-9-13-17-21)27(49-33(48)36(34)19-20-14-10-8-11-15-20)24(30(39)44-5)22(29(38)43-4)18-23(37)42-3/h8,10-11,14-15,18,21H,6-7,9,12-13,16-17,19H2,1-5H3. The minimum Gasteiger partial charge on any atom is -0.466 e. The fourth-order valence-electron chi connectivity index (χ4n) is 5.74. The fraction of sp³-hybridized carbons (Fsp3) is 0.441. The number of carbonyl (C=O) groups excluding carboxylic acids is 5. The molecule has 2 heterocycles. The number of nitrogens with zero attached hydrogens (tertiary/aromatic N) is 2. The number of benzene rings is 1. The van der Waals surface area contributed by atoms with E-state index in [1.54, 1.807) is 26.0 Å². The highest BCUT2D eigenvalue weighted by Crippen LogP contribution is 2.56. The Balaban J connectivity index is 2.21. The summed E-state index contributed by atoms with van der Waals surface area (Å²) in [6, 6.07) is 8.79. The van der Waals surface area contributed by atoms with E-state index >= 15 is 0 Å². The first-order valence-corrected chi connectivity index (χ1v) is 16.9. The Labute approximate surface area is 293 Å². The molecule has 3 aliphatic rings. The van der Waals surface area contributed by atoms with Crippen molar-refractivity contribution in [3.8, 4) is 0 Å². The fourth-order valence-corrected chi connectivity index (χ4v) is 7.35. The summed E-state index contributed by atoms with van der Waals surface area (Å²) in [5.41, 5.74) is -3.30. The lowest BCUT2D eigenvalue weighted by Gasteiger charge is -2.37. The molecule has 262 valence electrons. The molecule has 0 aromatic heterocycles. The number of esters is 5. The molecule has 0 bridgehead atoms. The molecule has 4 rings (SSSR count). The summed E-state index contributed by atoms with van der Waals surface area (Å²) < 4.78 is 32.7. The number of carbonyl (C=O) groups is 5. The Kier molecular flexibility index (Phi) is 12.8. The monoisotopic (exact) mass is 714 g/mol. The van der Waals surface area contributed by atoms with Gasteiger partial charge in [0.2, 0.25) is 5.90 Å². The van der Waals surface area contributed by atoms with Gasteiger partial charge in [0.1, 0.15) is 15.5 Å². The van der Waals surface area contributed by atoms with Crippen molar-refractivity contribution >= 4 is 64.0 Å². The predicted octanol–water partition coefficient (Wildman–Crippen LogP) is 4.10. The number of rotatable bonds is 11. The lowest BCUT2D eigenvalue weighted by Crippen LogP contribution is -2.50. The smallest absolute Gasteiger partial charge is 0.344 e. The molecule has 1 saturated carbocycles. The van der Waals surface area contributed by atoms with Crippen LogP contribution in [0.4, 0.5) is 0 Å². The van der Waals surface area contributed by atoms with Crippen LogP contribution in [0, 0.1) is 0 Å². The van der Waals surface area contributed by atoms with E-state index in [4.69, 9.17) is 45.6 Å². The van der Waals surface area contributed by atoms with Crippen LogP contribution >= 0.6 is 24.0 Å². The summed E-state index contributed by atoms with van der Waals surface area (Å²) in [5, 5.41) is 0. The summed E-state index contributed by atoms with van der Waals surface area (Å²) in [4.78, 5) is 74.0. The first-order valence-electron chi connectivity index (χ1n) is 15.7. The van der Waals surface area contributed by atoms with Crippen LogP contribution in [-0.2, 0) is 58.9 Å². The van der Waals surface area contributed by atoms with Crippen molar-refractivity contribution < 1.29 is 52.4 Å². The maximum atomic E-state index is 14.2. The normalized spacial score (nSPS) is 21.4. The number of methoxy groups -OCH3 is 3. The molecule has 0 N–H and O–H groups in total. The van der Waals surface area contributed by atoms with Gasteiger partial charge in [-0.25, -0.2) is 29.0 Å². The molecule has 1 aliphatic carbocycles. The predicted molar refractivity (Wildman–Crippen MR) is 182 cm³/mol. The zero-order chi connectivity index (χ0) is 35.7. The van der Waals surface area contributed by atoms with Crippen LogP contribution in [0.25, 0.3) is 0 Å². The highest BCUT2D eigenvalue weighted by Gasteiger charge is 2.65. The highest BCUT2D eigenvalue weighted by atomic mass is 32.2. The molecule has 1 atom stereocenters. The lowest BCUT2D eigenvalue weighted by molar-refractivity contribution is -0.143. The van der Waals surface area contributed by atoms with Crippen molar-refractivity contribution in [2.75, 3.05) is 34.5 Å². The minimum atomic E-state index is -2.23. The van der Waals surface area contributed by atoms with E-state index in [0.717, 1.165) is 58.4 Å². The van der Waals surface area contributed by atoms with Crippen LogP contribution in [0.3, 0.4) is 0 Å². The van der Waals surface area contributed by atoms with Crippen molar-refractivity contribution in [2.24, 2.45) is 4.99 Å². The van der Waals surface area contributed by atoms with Gasteiger partial charge in [-0.05, 0) is 32.3 Å². The van der Waals surface area contributed by atoms with Crippen LogP contribution in [0.1, 0.15) is 51.5 Å². The van der Waals surface area contributed by atoms with E-state index in [-0.39, 0.29) is 52.1 Å². The van der Waals surface area contributed by atoms with E-state index in [9.17, 15) is 24.0 Å². The SMILES string of the molecule is CCOC(=O)C1=C(C(=O)OCC)C2(OC1=NC1CCCCC1)C(=C(C(=O)OC)C(=CC(=O)OC)C(=O)OC)SC(=S)N2Cc1ccccc1. The van der Waals surface area contributed by atoms with Crippen LogP contribution < -0.4 is 0 Å². The molecule has 2 fully saturated rings. The van der Waals surface area contributed by atoms with E-state index < -0.39 is 46.7 Å². The first-order chi connectivity index (χ1) is 23.6. The van der Waals surface area contributed by atoms with Crippen LogP contribution in [0.2, 0.25) is 0 Å². The number of ether oxygens (including phenoxy) is 6. The van der Waals surface area contributed by atoms with Crippen molar-refractivity contribution in [1.82, 2.24) is 4.90 Å². The van der Waals surface area contributed by atoms with Gasteiger partial charge in [-0.2, -0.15) is 0 Å². The number of hydrogen-bond acceptors (Lipinski definition) is 14. The second-order valence-electron chi connectivity index (χ2n) is 10.9. The molecule has 0 amide bonds. The van der Waals surface area contributed by atoms with Gasteiger partial charge < -0.3 is 33.3 Å². The molecule has 1 unspecified atom stereocenters. The second-order valence-corrected chi connectivity index (χ2v) is 12.5. The molecule has 1 saturated heterocycles. The van der Waals surface area contributed by atoms with Gasteiger partial charge in [-0.15, -0.1) is 0 Å². The summed E-state index contributed by atoms with van der Waals surface area (Å²) in [6.07, 6.45) is 4.98. The molecular formula is C34H38N2O11S2. The van der Waals surface area contributed by atoms with Gasteiger partial charge in [0, 0.05) is 12.6 Å². The summed E-state index contributed by atoms with van der Waals surface area (Å²) in [6.45, 7) is 3.04. The van der Waals surface area contributed by atoms with Crippen LogP contribution in [0.5, 0.6) is 0 Å². The topological polar surface area (TPSA) is 156 Å². The van der Waals surface area contributed by atoms with Gasteiger partial charge in [-0.3, -0.25) is 0 Å². The van der Waals surface area contributed by atoms with Gasteiger partial charge >= 0.3 is 29.8 Å². The van der Waals surface area contributed by atoms with Gasteiger partial charge in [0.05, 0.1) is 56.6 Å². The Morgan fingerprint density at radius 3 is 2.16 bits per heavy atom. The van der Waals surface area contributed by atoms with E-state index in [0.29, 0.717) is 18.4 Å². The number of hydrogen-bond donors (Lipinski definition) is 0. The highest BCUT2D eigenvalue weighted by molar-refractivity contribution is 8.26. The van der Waals surface area contributed by atoms with Crippen molar-refractivity contribution in [2.45, 2.75) is 64.3 Å². The van der Waals surface area contributed by atoms with Gasteiger partial charge in [0.15, 0.2) is 0 Å². The van der Waals surface area contributed by atoms with Crippen LogP contribution in [0.15, 0.2) is 68.6 Å². The molecule has 1 aromatic rings. The molecule has 15 heteroatoms. The van der Waals surface area contributed by atoms with Crippen molar-refractivity contribution in [1.29, 1.82) is 0 Å². The Hall–Kier alpha value is -4.50. The largest absolute Gasteiger partial charge is 0.466 e. The third kappa shape index (κ3) is 7.72. The Morgan fingerprint density at radius 1 is 0.939 bits per heavy atom. The summed E-state index contributed by atoms with van der Waals surface area (Å²) >= 11 is 6.69. The zero-order valence-corrected chi connectivity index (χ0v) is 29.5. The number of thiocarbonyl (C=S) groups is 1. The van der Waals surface area contributed by atoms with Crippen molar-refractivity contribution in [3.05, 3.63) is 69.2 Å². The third-order valence-corrected chi connectivity index (χ3v) is 9.47. The molecule has 2 aliphatic heterocycles. The van der Waals surface area contributed by atoms with E-state index in [1.165, 1.54) is 4.90 Å². The summed E-state index contributed by atoms with van der Waals surface area (Å²) in [5.74, 6) is -5.33. The third-order valence-electron chi connectivity index (χ3n) is 7.92.